The topological polar surface area (TPSA) is 55.8 Å². The predicted octanol–water partition coefficient (Wildman–Crippen LogP) is 2.30. The zero-order valence-electron chi connectivity index (χ0n) is 12.6. The summed E-state index contributed by atoms with van der Waals surface area (Å²) in [5.74, 6) is -1.50. The molecule has 5 nitrogen and oxygen atoms in total. The number of ether oxygens (including phenoxy) is 2. The van der Waals surface area contributed by atoms with Crippen molar-refractivity contribution in [1.82, 2.24) is 0 Å². The highest BCUT2D eigenvalue weighted by molar-refractivity contribution is 9.10. The van der Waals surface area contributed by atoms with Gasteiger partial charge in [0.15, 0.2) is 0 Å². The third-order valence-electron chi connectivity index (χ3n) is 4.80. The molecule has 1 spiro atoms. The summed E-state index contributed by atoms with van der Waals surface area (Å²) < 4.78 is 12.0. The molecule has 0 aliphatic carbocycles. The first-order valence-corrected chi connectivity index (χ1v) is 8.46. The highest BCUT2D eigenvalue weighted by Crippen LogP contribution is 2.53. The van der Waals surface area contributed by atoms with E-state index < -0.39 is 17.4 Å². The molecule has 0 aromatic heterocycles. The third kappa shape index (κ3) is 2.01. The van der Waals surface area contributed by atoms with Crippen LogP contribution in [0.2, 0.25) is 0 Å². The van der Waals surface area contributed by atoms with E-state index in [0.717, 1.165) is 10.2 Å². The molecule has 1 aromatic carbocycles. The van der Waals surface area contributed by atoms with Gasteiger partial charge in [-0.1, -0.05) is 24.3 Å². The molecule has 4 rings (SSSR count). The Bertz CT molecular complexity index is 718. The molecule has 0 saturated carbocycles. The molecule has 1 amide bonds. The van der Waals surface area contributed by atoms with Gasteiger partial charge in [-0.3, -0.25) is 9.59 Å². The molecule has 3 heterocycles. The highest BCUT2D eigenvalue weighted by atomic mass is 79.9. The first kappa shape index (κ1) is 14.9. The first-order chi connectivity index (χ1) is 11.1. The van der Waals surface area contributed by atoms with E-state index in [1.165, 1.54) is 0 Å². The van der Waals surface area contributed by atoms with Crippen LogP contribution >= 0.6 is 15.9 Å². The summed E-state index contributed by atoms with van der Waals surface area (Å²) in [6.45, 7) is 2.48. The number of esters is 1. The SMILES string of the molecule is CCOC(=O)C1C2C=CC3(CN(c4ccccc4Br)C(=O)C13)O2. The molecule has 2 fully saturated rings. The number of carbonyl (C=O) groups is 2. The molecule has 23 heavy (non-hydrogen) atoms. The summed E-state index contributed by atoms with van der Waals surface area (Å²) in [5, 5.41) is 0. The Hall–Kier alpha value is -1.66. The summed E-state index contributed by atoms with van der Waals surface area (Å²) >= 11 is 3.49. The number of benzene rings is 1. The average Bonchev–Trinajstić information content (AvgIpc) is 3.16. The van der Waals surface area contributed by atoms with Crippen molar-refractivity contribution in [3.63, 3.8) is 0 Å². The number of hydrogen-bond acceptors (Lipinski definition) is 4. The van der Waals surface area contributed by atoms with Crippen LogP contribution in [0.4, 0.5) is 5.69 Å². The third-order valence-corrected chi connectivity index (χ3v) is 5.47. The minimum absolute atomic E-state index is 0.0817. The van der Waals surface area contributed by atoms with Gasteiger partial charge in [0.1, 0.15) is 11.5 Å². The second kappa shape index (κ2) is 5.18. The summed E-state index contributed by atoms with van der Waals surface area (Å²) in [7, 11) is 0. The number of nitrogens with zero attached hydrogens (tertiary/aromatic N) is 1. The van der Waals surface area contributed by atoms with Gasteiger partial charge in [-0.05, 0) is 35.0 Å². The Labute approximate surface area is 142 Å². The van der Waals surface area contributed by atoms with Crippen LogP contribution in [-0.2, 0) is 19.1 Å². The van der Waals surface area contributed by atoms with Crippen LogP contribution in [0.3, 0.4) is 0 Å². The van der Waals surface area contributed by atoms with Crippen LogP contribution in [0.1, 0.15) is 6.92 Å². The number of para-hydroxylation sites is 1. The van der Waals surface area contributed by atoms with E-state index in [1.807, 2.05) is 36.4 Å². The van der Waals surface area contributed by atoms with Gasteiger partial charge in [-0.2, -0.15) is 0 Å². The molecule has 3 aliphatic heterocycles. The lowest BCUT2D eigenvalue weighted by Crippen LogP contribution is -2.40. The zero-order valence-corrected chi connectivity index (χ0v) is 14.2. The predicted molar refractivity (Wildman–Crippen MR) is 86.9 cm³/mol. The standard InChI is InChI=1S/C17H16BrNO4/c1-2-22-16(21)13-12-7-8-17(23-12)9-19(15(20)14(13)17)11-6-4-3-5-10(11)18/h3-8,12-14H,2,9H2,1H3. The van der Waals surface area contributed by atoms with Gasteiger partial charge < -0.3 is 14.4 Å². The van der Waals surface area contributed by atoms with Gasteiger partial charge in [-0.25, -0.2) is 0 Å². The minimum atomic E-state index is -0.714. The molecule has 3 aliphatic rings. The molecule has 2 bridgehead atoms. The van der Waals surface area contributed by atoms with Crippen LogP contribution in [0, 0.1) is 11.8 Å². The Kier molecular flexibility index (Phi) is 3.35. The molecular formula is C17H16BrNO4. The lowest BCUT2D eigenvalue weighted by Gasteiger charge is -2.22. The molecular weight excluding hydrogens is 362 g/mol. The van der Waals surface area contributed by atoms with Crippen molar-refractivity contribution in [3.8, 4) is 0 Å². The Morgan fingerprint density at radius 2 is 2.26 bits per heavy atom. The van der Waals surface area contributed by atoms with Crippen LogP contribution in [0.5, 0.6) is 0 Å². The molecule has 6 heteroatoms. The van der Waals surface area contributed by atoms with Crippen molar-refractivity contribution < 1.29 is 19.1 Å². The van der Waals surface area contributed by atoms with Crippen LogP contribution < -0.4 is 4.90 Å². The molecule has 4 atom stereocenters. The van der Waals surface area contributed by atoms with Gasteiger partial charge >= 0.3 is 5.97 Å². The van der Waals surface area contributed by atoms with Crippen molar-refractivity contribution >= 4 is 33.5 Å². The van der Waals surface area contributed by atoms with E-state index in [2.05, 4.69) is 15.9 Å². The number of fused-ring (bicyclic) bond motifs is 1. The van der Waals surface area contributed by atoms with E-state index in [1.54, 1.807) is 11.8 Å². The minimum Gasteiger partial charge on any atom is -0.466 e. The Morgan fingerprint density at radius 1 is 1.48 bits per heavy atom. The smallest absolute Gasteiger partial charge is 0.312 e. The van der Waals surface area contributed by atoms with Crippen LogP contribution in [0.25, 0.3) is 0 Å². The van der Waals surface area contributed by atoms with Crippen molar-refractivity contribution in [2.75, 3.05) is 18.1 Å². The van der Waals surface area contributed by atoms with Gasteiger partial charge in [0.05, 0.1) is 30.9 Å². The summed E-state index contributed by atoms with van der Waals surface area (Å²) in [6, 6.07) is 7.56. The maximum atomic E-state index is 13.0. The largest absolute Gasteiger partial charge is 0.466 e. The van der Waals surface area contributed by atoms with Crippen molar-refractivity contribution in [1.29, 1.82) is 0 Å². The molecule has 1 aromatic rings. The van der Waals surface area contributed by atoms with Crippen molar-refractivity contribution in [2.24, 2.45) is 11.8 Å². The van der Waals surface area contributed by atoms with Crippen LogP contribution in [0.15, 0.2) is 40.9 Å². The number of carbonyl (C=O) groups excluding carboxylic acids is 2. The summed E-state index contributed by atoms with van der Waals surface area (Å²) in [4.78, 5) is 27.0. The summed E-state index contributed by atoms with van der Waals surface area (Å²) in [5.41, 5.74) is 0.0818. The van der Waals surface area contributed by atoms with E-state index >= 15 is 0 Å². The average molecular weight is 378 g/mol. The fourth-order valence-corrected chi connectivity index (χ4v) is 4.38. The monoisotopic (exact) mass is 377 g/mol. The molecule has 0 radical (unpaired) electrons. The highest BCUT2D eigenvalue weighted by Gasteiger charge is 2.67. The Morgan fingerprint density at radius 3 is 3.00 bits per heavy atom. The molecule has 0 N–H and O–H groups in total. The zero-order chi connectivity index (χ0) is 16.2. The van der Waals surface area contributed by atoms with Gasteiger partial charge in [0.25, 0.3) is 0 Å². The second-order valence-electron chi connectivity index (χ2n) is 6.03. The Balaban J connectivity index is 1.71. The molecule has 4 unspecified atom stereocenters. The van der Waals surface area contributed by atoms with Gasteiger partial charge in [0.2, 0.25) is 5.91 Å². The van der Waals surface area contributed by atoms with Gasteiger partial charge in [-0.15, -0.1) is 0 Å². The number of rotatable bonds is 3. The lowest BCUT2D eigenvalue weighted by atomic mass is 9.77. The second-order valence-corrected chi connectivity index (χ2v) is 6.88. The number of halogens is 1. The van der Waals surface area contributed by atoms with E-state index in [4.69, 9.17) is 9.47 Å². The van der Waals surface area contributed by atoms with E-state index in [9.17, 15) is 9.59 Å². The number of hydrogen-bond donors (Lipinski definition) is 0. The fourth-order valence-electron chi connectivity index (χ4n) is 3.88. The summed E-state index contributed by atoms with van der Waals surface area (Å²) in [6.07, 6.45) is 3.46. The van der Waals surface area contributed by atoms with E-state index in [0.29, 0.717) is 13.2 Å². The number of anilines is 1. The first-order valence-electron chi connectivity index (χ1n) is 7.67. The van der Waals surface area contributed by atoms with Crippen LogP contribution in [-0.4, -0.2) is 36.7 Å². The van der Waals surface area contributed by atoms with Gasteiger partial charge in [0, 0.05) is 4.47 Å². The fraction of sp³-hybridized carbons (Fsp3) is 0.412. The maximum Gasteiger partial charge on any atom is 0.312 e. The van der Waals surface area contributed by atoms with E-state index in [-0.39, 0.29) is 18.0 Å². The molecule has 120 valence electrons. The molecule has 2 saturated heterocycles. The number of amides is 1. The lowest BCUT2D eigenvalue weighted by molar-refractivity contribution is -0.151. The normalized spacial score (nSPS) is 34.1. The quantitative estimate of drug-likeness (QED) is 0.598. The van der Waals surface area contributed by atoms with Crippen molar-refractivity contribution in [3.05, 3.63) is 40.9 Å². The van der Waals surface area contributed by atoms with Crippen molar-refractivity contribution in [2.45, 2.75) is 18.6 Å². The maximum absolute atomic E-state index is 13.0.